The summed E-state index contributed by atoms with van der Waals surface area (Å²) in [4.78, 5) is 0. The van der Waals surface area contributed by atoms with Crippen LogP contribution in [0.5, 0.6) is 11.5 Å². The molecule has 0 fully saturated rings. The Balaban J connectivity index is 1.96. The van der Waals surface area contributed by atoms with Crippen molar-refractivity contribution in [1.29, 1.82) is 0 Å². The van der Waals surface area contributed by atoms with E-state index in [4.69, 9.17) is 9.47 Å². The van der Waals surface area contributed by atoms with Gasteiger partial charge >= 0.3 is 0 Å². The molecule has 0 saturated carbocycles. The van der Waals surface area contributed by atoms with E-state index in [2.05, 4.69) is 42.6 Å². The Morgan fingerprint density at radius 3 is 2.28 bits per heavy atom. The second kappa shape index (κ2) is 9.47. The minimum Gasteiger partial charge on any atom is -0.491 e. The lowest BCUT2D eigenvalue weighted by molar-refractivity contribution is 0.227. The molecule has 0 aliphatic heterocycles. The highest BCUT2D eigenvalue weighted by Gasteiger charge is 2.09. The van der Waals surface area contributed by atoms with E-state index >= 15 is 0 Å². The summed E-state index contributed by atoms with van der Waals surface area (Å²) < 4.78 is 11.8. The minimum atomic E-state index is 0.139. The largest absolute Gasteiger partial charge is 0.491 e. The van der Waals surface area contributed by atoms with Crippen molar-refractivity contribution in [2.75, 3.05) is 6.54 Å². The quantitative estimate of drug-likeness (QED) is 0.658. The van der Waals surface area contributed by atoms with Gasteiger partial charge < -0.3 is 14.8 Å². The summed E-state index contributed by atoms with van der Waals surface area (Å²) in [5, 5.41) is 3.53. The van der Waals surface area contributed by atoms with Crippen LogP contribution in [0.25, 0.3) is 0 Å². The number of rotatable bonds is 9. The molecule has 0 bridgehead atoms. The smallest absolute Gasteiger partial charge is 0.127 e. The van der Waals surface area contributed by atoms with E-state index in [0.717, 1.165) is 36.6 Å². The average molecular weight is 341 g/mol. The molecule has 0 aliphatic carbocycles. The molecule has 2 aromatic carbocycles. The molecule has 0 spiro atoms. The fourth-order valence-electron chi connectivity index (χ4n) is 2.73. The first-order chi connectivity index (χ1) is 12.0. The molecule has 0 amide bonds. The molecule has 0 saturated heterocycles. The van der Waals surface area contributed by atoms with E-state index < -0.39 is 0 Å². The van der Waals surface area contributed by atoms with Gasteiger partial charge in [0.1, 0.15) is 11.5 Å². The third-order valence-corrected chi connectivity index (χ3v) is 3.92. The number of ether oxygens (including phenoxy) is 2. The van der Waals surface area contributed by atoms with Crippen LogP contribution in [-0.2, 0) is 13.0 Å². The predicted octanol–water partition coefficient (Wildman–Crippen LogP) is 4.90. The van der Waals surface area contributed by atoms with E-state index in [0.29, 0.717) is 0 Å². The van der Waals surface area contributed by atoms with Crippen LogP contribution in [0.1, 0.15) is 44.4 Å². The van der Waals surface area contributed by atoms with Gasteiger partial charge in [0.15, 0.2) is 0 Å². The van der Waals surface area contributed by atoms with Crippen molar-refractivity contribution in [2.24, 2.45) is 0 Å². The maximum absolute atomic E-state index is 5.98. The van der Waals surface area contributed by atoms with Gasteiger partial charge in [-0.2, -0.15) is 0 Å². The van der Waals surface area contributed by atoms with Gasteiger partial charge in [-0.3, -0.25) is 0 Å². The molecule has 0 heterocycles. The van der Waals surface area contributed by atoms with Crippen LogP contribution in [0, 0.1) is 6.92 Å². The molecule has 1 N–H and O–H groups in total. The molecule has 0 aliphatic rings. The molecule has 25 heavy (non-hydrogen) atoms. The molecule has 0 unspecified atom stereocenters. The SMILES string of the molecule is Cc1ccccc1CCNCc1ccc(OC(C)C)cc1OC(C)C. The zero-order valence-electron chi connectivity index (χ0n) is 16.1. The van der Waals surface area contributed by atoms with Crippen molar-refractivity contribution in [3.63, 3.8) is 0 Å². The number of aryl methyl sites for hydroxylation is 1. The molecule has 136 valence electrons. The average Bonchev–Trinajstić information content (AvgIpc) is 2.53. The van der Waals surface area contributed by atoms with E-state index in [1.807, 2.05) is 39.8 Å². The molecule has 0 aromatic heterocycles. The molecule has 3 heteroatoms. The van der Waals surface area contributed by atoms with Gasteiger partial charge in [-0.1, -0.05) is 30.3 Å². The monoisotopic (exact) mass is 341 g/mol. The van der Waals surface area contributed by atoms with E-state index in [-0.39, 0.29) is 12.2 Å². The summed E-state index contributed by atoms with van der Waals surface area (Å²) >= 11 is 0. The highest BCUT2D eigenvalue weighted by Crippen LogP contribution is 2.26. The summed E-state index contributed by atoms with van der Waals surface area (Å²) in [6, 6.07) is 14.7. The Morgan fingerprint density at radius 2 is 1.60 bits per heavy atom. The zero-order valence-corrected chi connectivity index (χ0v) is 16.1. The Morgan fingerprint density at radius 1 is 0.880 bits per heavy atom. The number of hydrogen-bond donors (Lipinski definition) is 1. The van der Waals surface area contributed by atoms with Crippen molar-refractivity contribution in [3.05, 3.63) is 59.2 Å². The van der Waals surface area contributed by atoms with Gasteiger partial charge in [0.2, 0.25) is 0 Å². The van der Waals surface area contributed by atoms with Gasteiger partial charge in [-0.25, -0.2) is 0 Å². The topological polar surface area (TPSA) is 30.5 Å². The molecule has 0 radical (unpaired) electrons. The second-order valence-electron chi connectivity index (χ2n) is 6.96. The Bertz CT molecular complexity index is 665. The fraction of sp³-hybridized carbons (Fsp3) is 0.455. The minimum absolute atomic E-state index is 0.139. The lowest BCUT2D eigenvalue weighted by atomic mass is 10.1. The number of nitrogens with one attached hydrogen (secondary N) is 1. The summed E-state index contributed by atoms with van der Waals surface area (Å²) in [5.74, 6) is 1.76. The van der Waals surface area contributed by atoms with E-state index in [1.54, 1.807) is 0 Å². The maximum Gasteiger partial charge on any atom is 0.127 e. The van der Waals surface area contributed by atoms with Crippen molar-refractivity contribution in [1.82, 2.24) is 5.32 Å². The van der Waals surface area contributed by atoms with Gasteiger partial charge in [-0.05, 0) is 64.8 Å². The van der Waals surface area contributed by atoms with Crippen LogP contribution in [0.3, 0.4) is 0 Å². The fourth-order valence-corrected chi connectivity index (χ4v) is 2.73. The van der Waals surface area contributed by atoms with Gasteiger partial charge in [0, 0.05) is 18.2 Å². The predicted molar refractivity (Wildman–Crippen MR) is 105 cm³/mol. The van der Waals surface area contributed by atoms with Crippen LogP contribution >= 0.6 is 0 Å². The summed E-state index contributed by atoms with van der Waals surface area (Å²) in [6.45, 7) is 12.0. The molecule has 3 nitrogen and oxygen atoms in total. The molecule has 0 atom stereocenters. The third kappa shape index (κ3) is 6.43. The molecular formula is C22H31NO2. The first kappa shape index (κ1) is 19.3. The molecule has 2 aromatic rings. The number of hydrogen-bond acceptors (Lipinski definition) is 3. The second-order valence-corrected chi connectivity index (χ2v) is 6.96. The van der Waals surface area contributed by atoms with Crippen molar-refractivity contribution >= 4 is 0 Å². The standard InChI is InChI=1S/C22H31NO2/c1-16(2)24-21-11-10-20(22(14-21)25-17(3)4)15-23-13-12-19-9-7-6-8-18(19)5/h6-11,14,16-17,23H,12-13,15H2,1-5H3. The Labute approximate surface area is 152 Å². The summed E-state index contributed by atoms with van der Waals surface area (Å²) in [7, 11) is 0. The third-order valence-electron chi connectivity index (χ3n) is 3.92. The lowest BCUT2D eigenvalue weighted by Crippen LogP contribution is -2.18. The highest BCUT2D eigenvalue weighted by molar-refractivity contribution is 5.41. The van der Waals surface area contributed by atoms with Crippen LogP contribution in [-0.4, -0.2) is 18.8 Å². The van der Waals surface area contributed by atoms with Crippen LogP contribution in [0.2, 0.25) is 0 Å². The Hall–Kier alpha value is -2.00. The van der Waals surface area contributed by atoms with Gasteiger partial charge in [0.05, 0.1) is 12.2 Å². The molecule has 2 rings (SSSR count). The number of benzene rings is 2. The normalized spacial score (nSPS) is 11.2. The zero-order chi connectivity index (χ0) is 18.2. The van der Waals surface area contributed by atoms with Crippen molar-refractivity contribution in [3.8, 4) is 11.5 Å². The van der Waals surface area contributed by atoms with Crippen molar-refractivity contribution < 1.29 is 9.47 Å². The summed E-state index contributed by atoms with van der Waals surface area (Å²) in [5.41, 5.74) is 3.91. The first-order valence-electron chi connectivity index (χ1n) is 9.17. The first-order valence-corrected chi connectivity index (χ1v) is 9.17. The Kier molecular flexibility index (Phi) is 7.32. The van der Waals surface area contributed by atoms with E-state index in [1.165, 1.54) is 11.1 Å². The summed E-state index contributed by atoms with van der Waals surface area (Å²) in [6.07, 6.45) is 1.33. The van der Waals surface area contributed by atoms with Crippen LogP contribution in [0.4, 0.5) is 0 Å². The lowest BCUT2D eigenvalue weighted by Gasteiger charge is -2.17. The van der Waals surface area contributed by atoms with Gasteiger partial charge in [-0.15, -0.1) is 0 Å². The van der Waals surface area contributed by atoms with Crippen LogP contribution < -0.4 is 14.8 Å². The maximum atomic E-state index is 5.98. The van der Waals surface area contributed by atoms with Crippen LogP contribution in [0.15, 0.2) is 42.5 Å². The van der Waals surface area contributed by atoms with E-state index in [9.17, 15) is 0 Å². The molecular weight excluding hydrogens is 310 g/mol. The van der Waals surface area contributed by atoms with Gasteiger partial charge in [0.25, 0.3) is 0 Å². The highest BCUT2D eigenvalue weighted by atomic mass is 16.5. The van der Waals surface area contributed by atoms with Crippen molar-refractivity contribution in [2.45, 2.75) is 59.8 Å².